The second-order valence-electron chi connectivity index (χ2n) is 9.35. The number of hydrogen-bond acceptors (Lipinski definition) is 6. The van der Waals surface area contributed by atoms with Gasteiger partial charge in [0, 0.05) is 18.1 Å². The summed E-state index contributed by atoms with van der Waals surface area (Å²) in [5, 5.41) is 6.25. The fraction of sp³-hybridized carbons (Fsp3) is 0.250. The molecule has 0 aliphatic heterocycles. The Hall–Kier alpha value is -4.25. The zero-order chi connectivity index (χ0) is 28.2. The van der Waals surface area contributed by atoms with Gasteiger partial charge >= 0.3 is 6.18 Å². The Morgan fingerprint density at radius 1 is 0.974 bits per heavy atom. The van der Waals surface area contributed by atoms with Gasteiger partial charge in [0.1, 0.15) is 5.82 Å². The molecule has 1 aromatic heterocycles. The Morgan fingerprint density at radius 2 is 1.72 bits per heavy atom. The highest BCUT2D eigenvalue weighted by Crippen LogP contribution is 2.34. The molecule has 39 heavy (non-hydrogen) atoms. The average Bonchev–Trinajstić information content (AvgIpc) is 2.88. The quantitative estimate of drug-likeness (QED) is 0.177. The highest BCUT2D eigenvalue weighted by molar-refractivity contribution is 6.07. The molecule has 0 saturated carbocycles. The number of benzene rings is 3. The molecule has 0 fully saturated rings. The van der Waals surface area contributed by atoms with Gasteiger partial charge in [-0.15, -0.1) is 0 Å². The van der Waals surface area contributed by atoms with Crippen molar-refractivity contribution in [3.05, 3.63) is 77.7 Å². The van der Waals surface area contributed by atoms with E-state index in [-0.39, 0.29) is 17.2 Å². The Bertz CT molecular complexity index is 1490. The number of fused-ring (bicyclic) bond motifs is 1. The first-order valence-corrected chi connectivity index (χ1v) is 12.2. The van der Waals surface area contributed by atoms with Gasteiger partial charge in [0.25, 0.3) is 5.91 Å². The van der Waals surface area contributed by atoms with Crippen molar-refractivity contribution in [1.82, 2.24) is 14.9 Å². The van der Waals surface area contributed by atoms with Crippen molar-refractivity contribution in [2.75, 3.05) is 43.6 Å². The van der Waals surface area contributed by atoms with E-state index in [4.69, 9.17) is 5.73 Å². The summed E-state index contributed by atoms with van der Waals surface area (Å²) in [6.07, 6.45) is -1.40. The number of rotatable bonds is 9. The topological polar surface area (TPSA) is 96.2 Å². The van der Waals surface area contributed by atoms with Crippen LogP contribution in [0.4, 0.5) is 34.9 Å². The van der Waals surface area contributed by atoms with Gasteiger partial charge in [-0.3, -0.25) is 4.79 Å². The fourth-order valence-corrected chi connectivity index (χ4v) is 4.05. The molecule has 0 aliphatic carbocycles. The van der Waals surface area contributed by atoms with Crippen LogP contribution < -0.4 is 16.4 Å². The number of nitrogen functional groups attached to an aromatic ring is 1. The smallest absolute Gasteiger partial charge is 0.383 e. The Labute approximate surface area is 223 Å². The van der Waals surface area contributed by atoms with E-state index >= 15 is 0 Å². The van der Waals surface area contributed by atoms with E-state index in [9.17, 15) is 22.4 Å². The minimum Gasteiger partial charge on any atom is -0.383 e. The molecule has 204 valence electrons. The molecule has 0 bridgehead atoms. The largest absolute Gasteiger partial charge is 0.416 e. The normalized spacial score (nSPS) is 11.7. The number of carbonyl (C=O) groups excluding carboxylic acids is 1. The first-order valence-electron chi connectivity index (χ1n) is 12.2. The highest BCUT2D eigenvalue weighted by Gasteiger charge is 2.31. The molecule has 1 amide bonds. The van der Waals surface area contributed by atoms with E-state index < -0.39 is 23.5 Å². The lowest BCUT2D eigenvalue weighted by atomic mass is 10.0. The molecule has 1 heterocycles. The van der Waals surface area contributed by atoms with Crippen molar-refractivity contribution >= 4 is 34.1 Å². The molecule has 0 aliphatic rings. The number of nitrogens with zero attached hydrogens (tertiary/aromatic N) is 3. The number of aromatic nitrogens is 2. The number of alkyl halides is 3. The average molecular weight is 541 g/mol. The molecule has 4 rings (SSSR count). The number of anilines is 3. The summed E-state index contributed by atoms with van der Waals surface area (Å²) in [5.74, 6) is -1.55. The second-order valence-corrected chi connectivity index (χ2v) is 9.35. The van der Waals surface area contributed by atoms with Crippen molar-refractivity contribution in [2.45, 2.75) is 19.0 Å². The highest BCUT2D eigenvalue weighted by atomic mass is 19.4. The van der Waals surface area contributed by atoms with Gasteiger partial charge in [0.15, 0.2) is 0 Å². The summed E-state index contributed by atoms with van der Waals surface area (Å²) in [4.78, 5) is 23.3. The molecule has 0 radical (unpaired) electrons. The minimum atomic E-state index is -4.61. The van der Waals surface area contributed by atoms with Crippen LogP contribution in [-0.4, -0.2) is 48.0 Å². The van der Waals surface area contributed by atoms with E-state index in [2.05, 4.69) is 20.6 Å². The zero-order valence-corrected chi connectivity index (χ0v) is 21.4. The van der Waals surface area contributed by atoms with Gasteiger partial charge in [0.2, 0.25) is 5.95 Å². The van der Waals surface area contributed by atoms with Crippen molar-refractivity contribution < 1.29 is 22.4 Å². The van der Waals surface area contributed by atoms with Crippen LogP contribution in [0.25, 0.3) is 22.0 Å². The Kier molecular flexibility index (Phi) is 8.29. The number of unbranched alkanes of at least 4 members (excludes halogenated alkanes) is 1. The molecule has 7 nitrogen and oxygen atoms in total. The SMILES string of the molecule is CN(C)CCCCNc1ccc(C(F)(F)F)cc1NC(=O)c1cc(-c2ccc3nc(N)ncc3c2)ccc1F. The van der Waals surface area contributed by atoms with E-state index in [1.807, 2.05) is 19.0 Å². The number of nitrogens with two attached hydrogens (primary N) is 1. The molecule has 4 aromatic rings. The molecule has 0 spiro atoms. The van der Waals surface area contributed by atoms with Crippen molar-refractivity contribution in [3.8, 4) is 11.1 Å². The van der Waals surface area contributed by atoms with Gasteiger partial charge < -0.3 is 21.3 Å². The zero-order valence-electron chi connectivity index (χ0n) is 21.4. The Morgan fingerprint density at radius 3 is 2.46 bits per heavy atom. The van der Waals surface area contributed by atoms with Crippen molar-refractivity contribution in [2.24, 2.45) is 0 Å². The number of nitrogens with one attached hydrogen (secondary N) is 2. The summed E-state index contributed by atoms with van der Waals surface area (Å²) in [5.41, 5.74) is 6.43. The van der Waals surface area contributed by atoms with Gasteiger partial charge in [-0.05, 0) is 87.1 Å². The molecular formula is C28H28F4N6O. The lowest BCUT2D eigenvalue weighted by molar-refractivity contribution is -0.137. The monoisotopic (exact) mass is 540 g/mol. The van der Waals surface area contributed by atoms with Crippen molar-refractivity contribution in [3.63, 3.8) is 0 Å². The summed E-state index contributed by atoms with van der Waals surface area (Å²) >= 11 is 0. The van der Waals surface area contributed by atoms with Crippen LogP contribution in [0, 0.1) is 5.82 Å². The van der Waals surface area contributed by atoms with E-state index in [1.54, 1.807) is 24.4 Å². The predicted molar refractivity (Wildman–Crippen MR) is 145 cm³/mol. The summed E-state index contributed by atoms with van der Waals surface area (Å²) in [6.45, 7) is 1.36. The van der Waals surface area contributed by atoms with Crippen LogP contribution in [0.1, 0.15) is 28.8 Å². The molecule has 0 saturated heterocycles. The Balaban J connectivity index is 1.59. The third-order valence-electron chi connectivity index (χ3n) is 6.09. The van der Waals surface area contributed by atoms with Gasteiger partial charge in [-0.25, -0.2) is 14.4 Å². The summed E-state index contributed by atoms with van der Waals surface area (Å²) in [6, 6.07) is 12.3. The summed E-state index contributed by atoms with van der Waals surface area (Å²) in [7, 11) is 3.91. The molecular weight excluding hydrogens is 512 g/mol. The maximum atomic E-state index is 14.8. The predicted octanol–water partition coefficient (Wildman–Crippen LogP) is 6.04. The third kappa shape index (κ3) is 6.99. The van der Waals surface area contributed by atoms with Crippen LogP contribution in [0.3, 0.4) is 0 Å². The lowest BCUT2D eigenvalue weighted by Crippen LogP contribution is -2.17. The minimum absolute atomic E-state index is 0.0901. The standard InChI is InChI=1S/C28H28F4N6O/c1-38(2)12-4-3-11-34-24-10-7-20(28(30,31)32)15-25(24)36-26(39)21-14-18(5-8-22(21)29)17-6-9-23-19(13-17)16-35-27(33)37-23/h5-10,13-16,34H,3-4,11-12H2,1-2H3,(H,36,39)(H2,33,35,37). The van der Waals surface area contributed by atoms with Crippen LogP contribution in [0.5, 0.6) is 0 Å². The van der Waals surface area contributed by atoms with Crippen molar-refractivity contribution in [1.29, 1.82) is 0 Å². The van der Waals surface area contributed by atoms with Gasteiger partial charge in [0.05, 0.1) is 28.0 Å². The van der Waals surface area contributed by atoms with Crippen LogP contribution in [-0.2, 0) is 6.18 Å². The number of hydrogen-bond donors (Lipinski definition) is 3. The molecule has 4 N–H and O–H groups in total. The van der Waals surface area contributed by atoms with E-state index in [0.29, 0.717) is 34.3 Å². The van der Waals surface area contributed by atoms with Crippen LogP contribution >= 0.6 is 0 Å². The lowest BCUT2D eigenvalue weighted by Gasteiger charge is -2.17. The molecule has 0 unspecified atom stereocenters. The molecule has 3 aromatic carbocycles. The first kappa shape index (κ1) is 27.8. The van der Waals surface area contributed by atoms with E-state index in [0.717, 1.165) is 37.6 Å². The van der Waals surface area contributed by atoms with Crippen LogP contribution in [0.2, 0.25) is 0 Å². The first-order chi connectivity index (χ1) is 18.5. The molecule has 11 heteroatoms. The molecule has 0 atom stereocenters. The second kappa shape index (κ2) is 11.6. The number of amides is 1. The van der Waals surface area contributed by atoms with E-state index in [1.165, 1.54) is 18.2 Å². The number of carbonyl (C=O) groups is 1. The van der Waals surface area contributed by atoms with Gasteiger partial charge in [-0.2, -0.15) is 13.2 Å². The maximum absolute atomic E-state index is 14.8. The van der Waals surface area contributed by atoms with Gasteiger partial charge in [-0.1, -0.05) is 12.1 Å². The summed E-state index contributed by atoms with van der Waals surface area (Å²) < 4.78 is 55.0. The van der Waals surface area contributed by atoms with Crippen LogP contribution in [0.15, 0.2) is 60.8 Å². The fourth-order valence-electron chi connectivity index (χ4n) is 4.05. The third-order valence-corrected chi connectivity index (χ3v) is 6.09. The number of halogens is 4. The maximum Gasteiger partial charge on any atom is 0.416 e.